The van der Waals surface area contributed by atoms with E-state index >= 15 is 0 Å². The highest BCUT2D eigenvalue weighted by Crippen LogP contribution is 2.24. The van der Waals surface area contributed by atoms with Gasteiger partial charge in [-0.15, -0.1) is 0 Å². The van der Waals surface area contributed by atoms with E-state index in [4.69, 9.17) is 16.6 Å². The van der Waals surface area contributed by atoms with Gasteiger partial charge in [0.05, 0.1) is 21.6 Å². The number of rotatable bonds is 7. The topological polar surface area (TPSA) is 70.5 Å². The van der Waals surface area contributed by atoms with E-state index in [1.54, 1.807) is 24.3 Å². The summed E-state index contributed by atoms with van der Waals surface area (Å²) < 4.78 is 30.2. The van der Waals surface area contributed by atoms with E-state index in [0.29, 0.717) is 10.7 Å². The third-order valence-corrected chi connectivity index (χ3v) is 8.42. The fourth-order valence-electron chi connectivity index (χ4n) is 4.61. The highest BCUT2D eigenvalue weighted by Gasteiger charge is 2.19. The van der Waals surface area contributed by atoms with Crippen LogP contribution in [0.4, 0.5) is 11.4 Å². The van der Waals surface area contributed by atoms with Crippen LogP contribution in [0.3, 0.4) is 0 Å². The minimum absolute atomic E-state index is 0.163. The monoisotopic (exact) mass is 523 g/mol. The maximum Gasteiger partial charge on any atom is 0.261 e. The first-order chi connectivity index (χ1) is 17.3. The zero-order valence-corrected chi connectivity index (χ0v) is 22.1. The van der Waals surface area contributed by atoms with Crippen molar-refractivity contribution in [3.63, 3.8) is 0 Å². The van der Waals surface area contributed by atoms with Crippen molar-refractivity contribution in [3.8, 4) is 0 Å². The zero-order valence-electron chi connectivity index (χ0n) is 20.5. The molecule has 1 saturated heterocycles. The molecule has 1 fully saturated rings. The number of nitrogens with one attached hydrogen (secondary N) is 1. The van der Waals surface area contributed by atoms with Crippen LogP contribution in [0.15, 0.2) is 71.6 Å². The molecule has 2 heterocycles. The average Bonchev–Trinajstić information content (AvgIpc) is 3.18. The molecule has 5 rings (SSSR count). The number of nitrogens with zero attached hydrogens (tertiary/aromatic N) is 4. The summed E-state index contributed by atoms with van der Waals surface area (Å²) in [6, 6.07) is 20.3. The van der Waals surface area contributed by atoms with Crippen molar-refractivity contribution in [2.24, 2.45) is 7.05 Å². The van der Waals surface area contributed by atoms with Crippen LogP contribution in [0.25, 0.3) is 11.0 Å². The summed E-state index contributed by atoms with van der Waals surface area (Å²) in [6.45, 7) is 7.13. The summed E-state index contributed by atoms with van der Waals surface area (Å²) in [6.07, 6.45) is 0.835. The maximum absolute atomic E-state index is 12.7. The predicted octanol–water partition coefficient (Wildman–Crippen LogP) is 4.70. The van der Waals surface area contributed by atoms with Gasteiger partial charge in [-0.3, -0.25) is 9.62 Å². The Hall–Kier alpha value is -3.07. The molecule has 0 radical (unpaired) electrons. The van der Waals surface area contributed by atoms with Crippen LogP contribution in [0.5, 0.6) is 0 Å². The molecule has 0 unspecified atom stereocenters. The molecule has 0 spiro atoms. The van der Waals surface area contributed by atoms with Crippen LogP contribution in [-0.2, 0) is 23.5 Å². The number of hydrogen-bond acceptors (Lipinski definition) is 5. The lowest BCUT2D eigenvalue weighted by atomic mass is 10.2. The standard InChI is InChI=1S/C27H30ClN5O2S/c1-20-3-8-23(9-4-20)33-17-15-32(16-18-33)14-13-27-29-25-19-22(7-12-26(25)31(27)2)30-36(34,35)24-10-5-21(28)6-11-24/h3-12,19,30H,13-18H2,1-2H3. The number of piperazine rings is 1. The van der Waals surface area contributed by atoms with Gasteiger partial charge in [0.25, 0.3) is 10.0 Å². The molecule has 1 aromatic heterocycles. The van der Waals surface area contributed by atoms with Gasteiger partial charge in [0.1, 0.15) is 5.82 Å². The van der Waals surface area contributed by atoms with Crippen LogP contribution < -0.4 is 9.62 Å². The number of halogens is 1. The summed E-state index contributed by atoms with van der Waals surface area (Å²) in [5, 5.41) is 0.490. The predicted molar refractivity (Wildman–Crippen MR) is 147 cm³/mol. The van der Waals surface area contributed by atoms with Crippen molar-refractivity contribution in [2.75, 3.05) is 42.3 Å². The van der Waals surface area contributed by atoms with E-state index in [1.807, 2.05) is 13.1 Å². The highest BCUT2D eigenvalue weighted by atomic mass is 35.5. The molecular weight excluding hydrogens is 494 g/mol. The zero-order chi connectivity index (χ0) is 25.3. The second kappa shape index (κ2) is 10.1. The van der Waals surface area contributed by atoms with Crippen molar-refractivity contribution in [2.45, 2.75) is 18.2 Å². The Labute approximate surface area is 217 Å². The van der Waals surface area contributed by atoms with Crippen LogP contribution >= 0.6 is 11.6 Å². The SMILES string of the molecule is Cc1ccc(N2CCN(CCc3nc4cc(NS(=O)(=O)c5ccc(Cl)cc5)ccc4n3C)CC2)cc1. The molecule has 7 nitrogen and oxygen atoms in total. The fourth-order valence-corrected chi connectivity index (χ4v) is 5.78. The van der Waals surface area contributed by atoms with Gasteiger partial charge in [-0.05, 0) is 61.5 Å². The molecule has 4 aromatic rings. The van der Waals surface area contributed by atoms with Gasteiger partial charge in [0.2, 0.25) is 0 Å². The van der Waals surface area contributed by atoms with Crippen molar-refractivity contribution in [1.82, 2.24) is 14.5 Å². The van der Waals surface area contributed by atoms with Crippen LogP contribution in [-0.4, -0.2) is 55.6 Å². The first-order valence-corrected chi connectivity index (χ1v) is 13.9. The summed E-state index contributed by atoms with van der Waals surface area (Å²) in [4.78, 5) is 9.90. The maximum atomic E-state index is 12.7. The summed E-state index contributed by atoms with van der Waals surface area (Å²) in [5.41, 5.74) is 4.80. The molecule has 0 aliphatic carbocycles. The Bertz CT molecular complexity index is 1460. The fraction of sp³-hybridized carbons (Fsp3) is 0.296. The second-order valence-corrected chi connectivity index (χ2v) is 11.4. The molecule has 0 bridgehead atoms. The van der Waals surface area contributed by atoms with E-state index < -0.39 is 10.0 Å². The number of aromatic nitrogens is 2. The van der Waals surface area contributed by atoms with Crippen LogP contribution in [0.2, 0.25) is 5.02 Å². The normalized spacial score (nSPS) is 14.9. The van der Waals surface area contributed by atoms with E-state index in [0.717, 1.165) is 56.0 Å². The van der Waals surface area contributed by atoms with Gasteiger partial charge in [0, 0.05) is 56.9 Å². The van der Waals surface area contributed by atoms with E-state index in [2.05, 4.69) is 50.3 Å². The molecule has 0 amide bonds. The first kappa shape index (κ1) is 24.6. The molecule has 9 heteroatoms. The van der Waals surface area contributed by atoms with E-state index in [1.165, 1.54) is 23.4 Å². The number of benzene rings is 3. The van der Waals surface area contributed by atoms with Crippen LogP contribution in [0, 0.1) is 6.92 Å². The van der Waals surface area contributed by atoms with E-state index in [9.17, 15) is 8.42 Å². The minimum atomic E-state index is -3.71. The molecule has 188 valence electrons. The number of imidazole rings is 1. The van der Waals surface area contributed by atoms with Crippen molar-refractivity contribution >= 4 is 44.0 Å². The number of aryl methyl sites for hydroxylation is 2. The van der Waals surface area contributed by atoms with Gasteiger partial charge < -0.3 is 9.47 Å². The Kier molecular flexibility index (Phi) is 6.92. The third-order valence-electron chi connectivity index (χ3n) is 6.77. The average molecular weight is 524 g/mol. The van der Waals surface area contributed by atoms with Crippen molar-refractivity contribution in [1.29, 1.82) is 0 Å². The molecular formula is C27H30ClN5O2S. The number of sulfonamides is 1. The van der Waals surface area contributed by atoms with Gasteiger partial charge in [-0.25, -0.2) is 13.4 Å². The molecule has 1 N–H and O–H groups in total. The molecule has 0 atom stereocenters. The molecule has 1 aliphatic heterocycles. The largest absolute Gasteiger partial charge is 0.369 e. The van der Waals surface area contributed by atoms with E-state index in [-0.39, 0.29) is 4.90 Å². The number of fused-ring (bicyclic) bond motifs is 1. The van der Waals surface area contributed by atoms with Gasteiger partial charge >= 0.3 is 0 Å². The lowest BCUT2D eigenvalue weighted by Crippen LogP contribution is -2.47. The first-order valence-electron chi connectivity index (χ1n) is 12.1. The van der Waals surface area contributed by atoms with Gasteiger partial charge in [-0.2, -0.15) is 0 Å². The van der Waals surface area contributed by atoms with Crippen molar-refractivity contribution in [3.05, 3.63) is 83.1 Å². The van der Waals surface area contributed by atoms with Crippen LogP contribution in [0.1, 0.15) is 11.4 Å². The number of hydrogen-bond donors (Lipinski definition) is 1. The quantitative estimate of drug-likeness (QED) is 0.380. The highest BCUT2D eigenvalue weighted by molar-refractivity contribution is 7.92. The Morgan fingerprint density at radius 1 is 0.944 bits per heavy atom. The summed E-state index contributed by atoms with van der Waals surface area (Å²) >= 11 is 5.89. The third kappa shape index (κ3) is 5.36. The number of anilines is 2. The molecule has 3 aromatic carbocycles. The second-order valence-electron chi connectivity index (χ2n) is 9.26. The molecule has 1 aliphatic rings. The lowest BCUT2D eigenvalue weighted by molar-refractivity contribution is 0.259. The molecule has 36 heavy (non-hydrogen) atoms. The summed E-state index contributed by atoms with van der Waals surface area (Å²) in [7, 11) is -1.70. The van der Waals surface area contributed by atoms with Gasteiger partial charge in [0.15, 0.2) is 0 Å². The lowest BCUT2D eigenvalue weighted by Gasteiger charge is -2.36. The smallest absolute Gasteiger partial charge is 0.261 e. The Morgan fingerprint density at radius 2 is 1.64 bits per heavy atom. The summed E-state index contributed by atoms with van der Waals surface area (Å²) in [5.74, 6) is 0.990. The molecule has 0 saturated carbocycles. The minimum Gasteiger partial charge on any atom is -0.369 e. The van der Waals surface area contributed by atoms with Gasteiger partial charge in [-0.1, -0.05) is 29.3 Å². The van der Waals surface area contributed by atoms with Crippen molar-refractivity contribution < 1.29 is 8.42 Å². The Morgan fingerprint density at radius 3 is 2.33 bits per heavy atom. The Balaban J connectivity index is 1.22.